The normalized spacial score (nSPS) is 19.5. The fourth-order valence-corrected chi connectivity index (χ4v) is 3.31. The number of aryl methyl sites for hydroxylation is 1. The Kier molecular flexibility index (Phi) is 3.48. The highest BCUT2D eigenvalue weighted by atomic mass is 32.1. The number of hydrogen-bond acceptors (Lipinski definition) is 4. The zero-order valence-electron chi connectivity index (χ0n) is 10.6. The minimum atomic E-state index is 0.453. The first-order valence-corrected chi connectivity index (χ1v) is 7.35. The van der Waals surface area contributed by atoms with E-state index in [-0.39, 0.29) is 0 Å². The van der Waals surface area contributed by atoms with E-state index in [0.717, 1.165) is 30.2 Å². The maximum atomic E-state index is 5.61. The summed E-state index contributed by atoms with van der Waals surface area (Å²) in [6, 6.07) is 6.39. The zero-order valence-corrected chi connectivity index (χ0v) is 11.4. The molecule has 3 nitrogen and oxygen atoms in total. The smallest absolute Gasteiger partial charge is 0.183 e. The van der Waals surface area contributed by atoms with Gasteiger partial charge in [0, 0.05) is 13.2 Å². The highest BCUT2D eigenvalue weighted by Gasteiger charge is 2.14. The molecule has 1 fully saturated rings. The van der Waals surface area contributed by atoms with Crippen molar-refractivity contribution in [3.05, 3.63) is 23.8 Å². The van der Waals surface area contributed by atoms with Crippen molar-refractivity contribution in [3.8, 4) is 0 Å². The molecule has 0 saturated carbocycles. The van der Waals surface area contributed by atoms with Gasteiger partial charge in [0.15, 0.2) is 5.13 Å². The number of aromatic nitrogens is 1. The number of hydrogen-bond donors (Lipinski definition) is 1. The van der Waals surface area contributed by atoms with Crippen LogP contribution in [-0.4, -0.2) is 24.2 Å². The van der Waals surface area contributed by atoms with Gasteiger partial charge in [-0.3, -0.25) is 0 Å². The average Bonchev–Trinajstić information content (AvgIpc) is 2.97. The predicted octanol–water partition coefficient (Wildman–Crippen LogP) is 3.59. The van der Waals surface area contributed by atoms with Crippen LogP contribution in [0.5, 0.6) is 0 Å². The van der Waals surface area contributed by atoms with Gasteiger partial charge in [0.1, 0.15) is 0 Å². The highest BCUT2D eigenvalue weighted by Crippen LogP contribution is 2.26. The van der Waals surface area contributed by atoms with Crippen LogP contribution < -0.4 is 5.32 Å². The van der Waals surface area contributed by atoms with Crippen LogP contribution in [0, 0.1) is 6.92 Å². The van der Waals surface area contributed by atoms with Gasteiger partial charge in [-0.1, -0.05) is 17.4 Å². The van der Waals surface area contributed by atoms with E-state index < -0.39 is 0 Å². The second-order valence-electron chi connectivity index (χ2n) is 4.84. The fraction of sp³-hybridized carbons (Fsp3) is 0.500. The molecule has 0 radical (unpaired) electrons. The summed E-state index contributed by atoms with van der Waals surface area (Å²) in [4.78, 5) is 4.58. The van der Waals surface area contributed by atoms with Crippen molar-refractivity contribution in [1.29, 1.82) is 0 Å². The van der Waals surface area contributed by atoms with E-state index in [9.17, 15) is 0 Å². The summed E-state index contributed by atoms with van der Waals surface area (Å²) in [7, 11) is 0. The van der Waals surface area contributed by atoms with Crippen molar-refractivity contribution >= 4 is 26.7 Å². The van der Waals surface area contributed by atoms with Gasteiger partial charge in [-0.2, -0.15) is 0 Å². The number of anilines is 1. The Morgan fingerprint density at radius 3 is 3.28 bits per heavy atom. The molecule has 1 atom stereocenters. The molecule has 1 aliphatic heterocycles. The molecule has 18 heavy (non-hydrogen) atoms. The molecule has 4 heteroatoms. The molecule has 1 aliphatic rings. The molecule has 2 heterocycles. The van der Waals surface area contributed by atoms with Crippen LogP contribution >= 0.6 is 11.3 Å². The molecular weight excluding hydrogens is 244 g/mol. The van der Waals surface area contributed by atoms with Crippen molar-refractivity contribution in [3.63, 3.8) is 0 Å². The third-order valence-corrected chi connectivity index (χ3v) is 4.29. The number of thiazole rings is 1. The molecule has 3 rings (SSSR count). The monoisotopic (exact) mass is 262 g/mol. The maximum absolute atomic E-state index is 5.61. The number of nitrogens with one attached hydrogen (secondary N) is 1. The summed E-state index contributed by atoms with van der Waals surface area (Å²) in [5, 5.41) is 4.43. The minimum absolute atomic E-state index is 0.453. The van der Waals surface area contributed by atoms with Gasteiger partial charge in [0.05, 0.1) is 16.3 Å². The minimum Gasteiger partial charge on any atom is -0.378 e. The molecular formula is C14H18N2OS. The molecule has 2 aromatic rings. The van der Waals surface area contributed by atoms with Gasteiger partial charge in [-0.25, -0.2) is 4.98 Å². The standard InChI is InChI=1S/C14H18N2OS/c1-10-4-5-12-13(9-10)18-14(16-12)15-7-6-11-3-2-8-17-11/h4-5,9,11H,2-3,6-8H2,1H3,(H,15,16). The average molecular weight is 262 g/mol. The van der Waals surface area contributed by atoms with E-state index in [1.807, 2.05) is 0 Å². The number of fused-ring (bicyclic) bond motifs is 1. The van der Waals surface area contributed by atoms with Gasteiger partial charge in [-0.15, -0.1) is 0 Å². The molecule has 1 aromatic carbocycles. The number of benzene rings is 1. The molecule has 0 aliphatic carbocycles. The molecule has 1 N–H and O–H groups in total. The first-order valence-electron chi connectivity index (χ1n) is 6.54. The summed E-state index contributed by atoms with van der Waals surface area (Å²) in [5.74, 6) is 0. The Labute approximate surface area is 111 Å². The molecule has 1 aromatic heterocycles. The van der Waals surface area contributed by atoms with E-state index in [1.54, 1.807) is 11.3 Å². The first-order chi connectivity index (χ1) is 8.81. The van der Waals surface area contributed by atoms with Crippen LogP contribution in [0.3, 0.4) is 0 Å². The van der Waals surface area contributed by atoms with Crippen LogP contribution in [0.2, 0.25) is 0 Å². The molecule has 0 bridgehead atoms. The SMILES string of the molecule is Cc1ccc2nc(NCCC3CCCO3)sc2c1. The second-order valence-corrected chi connectivity index (χ2v) is 5.87. The van der Waals surface area contributed by atoms with Crippen LogP contribution in [0.25, 0.3) is 10.2 Å². The van der Waals surface area contributed by atoms with Gasteiger partial charge in [0.25, 0.3) is 0 Å². The van der Waals surface area contributed by atoms with Crippen molar-refractivity contribution in [2.45, 2.75) is 32.3 Å². The van der Waals surface area contributed by atoms with E-state index in [1.165, 1.54) is 23.1 Å². The lowest BCUT2D eigenvalue weighted by Gasteiger charge is -2.08. The summed E-state index contributed by atoms with van der Waals surface area (Å²) < 4.78 is 6.87. The number of nitrogens with zero attached hydrogens (tertiary/aromatic N) is 1. The summed E-state index contributed by atoms with van der Waals surface area (Å²) in [6.07, 6.45) is 3.95. The number of ether oxygens (including phenoxy) is 1. The third-order valence-electron chi connectivity index (χ3n) is 3.31. The number of rotatable bonds is 4. The van der Waals surface area contributed by atoms with Crippen molar-refractivity contribution in [1.82, 2.24) is 4.98 Å². The lowest BCUT2D eigenvalue weighted by molar-refractivity contribution is 0.107. The van der Waals surface area contributed by atoms with Crippen LogP contribution in [0.1, 0.15) is 24.8 Å². The van der Waals surface area contributed by atoms with E-state index in [2.05, 4.69) is 35.4 Å². The summed E-state index contributed by atoms with van der Waals surface area (Å²) in [6.45, 7) is 4.00. The maximum Gasteiger partial charge on any atom is 0.183 e. The van der Waals surface area contributed by atoms with Crippen molar-refractivity contribution in [2.24, 2.45) is 0 Å². The Bertz CT molecular complexity index is 532. The van der Waals surface area contributed by atoms with Gasteiger partial charge in [0.2, 0.25) is 0 Å². The van der Waals surface area contributed by atoms with Gasteiger partial charge >= 0.3 is 0 Å². The first kappa shape index (κ1) is 11.9. The molecule has 1 saturated heterocycles. The van der Waals surface area contributed by atoms with Gasteiger partial charge in [-0.05, 0) is 43.9 Å². The second kappa shape index (κ2) is 5.24. The third kappa shape index (κ3) is 2.65. The van der Waals surface area contributed by atoms with E-state index in [0.29, 0.717) is 6.10 Å². The van der Waals surface area contributed by atoms with Crippen LogP contribution in [-0.2, 0) is 4.74 Å². The van der Waals surface area contributed by atoms with Crippen LogP contribution in [0.4, 0.5) is 5.13 Å². The molecule has 1 unspecified atom stereocenters. The quantitative estimate of drug-likeness (QED) is 0.914. The van der Waals surface area contributed by atoms with E-state index >= 15 is 0 Å². The largest absolute Gasteiger partial charge is 0.378 e. The van der Waals surface area contributed by atoms with Crippen molar-refractivity contribution < 1.29 is 4.74 Å². The lowest BCUT2D eigenvalue weighted by atomic mass is 10.2. The fourth-order valence-electron chi connectivity index (χ4n) is 2.32. The van der Waals surface area contributed by atoms with Crippen LogP contribution in [0.15, 0.2) is 18.2 Å². The topological polar surface area (TPSA) is 34.2 Å². The predicted molar refractivity (Wildman–Crippen MR) is 76.4 cm³/mol. The summed E-state index contributed by atoms with van der Waals surface area (Å²) >= 11 is 1.73. The molecule has 96 valence electrons. The molecule has 0 spiro atoms. The summed E-state index contributed by atoms with van der Waals surface area (Å²) in [5.41, 5.74) is 2.38. The Morgan fingerprint density at radius 1 is 1.50 bits per heavy atom. The Balaban J connectivity index is 1.60. The Hall–Kier alpha value is -1.13. The van der Waals surface area contributed by atoms with Gasteiger partial charge < -0.3 is 10.1 Å². The highest BCUT2D eigenvalue weighted by molar-refractivity contribution is 7.22. The lowest BCUT2D eigenvalue weighted by Crippen LogP contribution is -2.12. The Morgan fingerprint density at radius 2 is 2.44 bits per heavy atom. The van der Waals surface area contributed by atoms with Crippen molar-refractivity contribution in [2.75, 3.05) is 18.5 Å². The zero-order chi connectivity index (χ0) is 12.4. The van der Waals surface area contributed by atoms with E-state index in [4.69, 9.17) is 4.74 Å². The molecule has 0 amide bonds.